The molecule has 1 amide bonds. The third-order valence-corrected chi connectivity index (χ3v) is 3.85. The Bertz CT molecular complexity index is 673. The van der Waals surface area contributed by atoms with Crippen LogP contribution in [0.1, 0.15) is 18.4 Å². The van der Waals surface area contributed by atoms with Crippen molar-refractivity contribution in [3.63, 3.8) is 0 Å². The quantitative estimate of drug-likeness (QED) is 0.867. The normalized spacial score (nSPS) is 16.3. The van der Waals surface area contributed by atoms with Gasteiger partial charge in [0.1, 0.15) is 18.2 Å². The first kappa shape index (κ1) is 18.2. The highest BCUT2D eigenvalue weighted by atomic mass is 35.5. The SMILES string of the molecule is Cl.O=C(Nc1ccc(OCc2ccccc2F)cc1)C1CCCN1. The van der Waals surface area contributed by atoms with Crippen molar-refractivity contribution in [1.29, 1.82) is 0 Å². The maximum atomic E-state index is 13.5. The van der Waals surface area contributed by atoms with Gasteiger partial charge in [0, 0.05) is 11.3 Å². The molecule has 0 spiro atoms. The molecule has 2 N–H and O–H groups in total. The number of anilines is 1. The molecule has 0 saturated carbocycles. The lowest BCUT2D eigenvalue weighted by Crippen LogP contribution is -2.35. The molecular weight excluding hydrogens is 331 g/mol. The Labute approximate surface area is 146 Å². The highest BCUT2D eigenvalue weighted by Gasteiger charge is 2.21. The monoisotopic (exact) mass is 350 g/mol. The van der Waals surface area contributed by atoms with E-state index in [0.717, 1.165) is 25.1 Å². The number of nitrogens with one attached hydrogen (secondary N) is 2. The second-order valence-electron chi connectivity index (χ2n) is 5.54. The zero-order valence-electron chi connectivity index (χ0n) is 13.1. The van der Waals surface area contributed by atoms with Crippen LogP contribution < -0.4 is 15.4 Å². The predicted octanol–water partition coefficient (Wildman–Crippen LogP) is 3.52. The Kier molecular flexibility index (Phi) is 6.58. The van der Waals surface area contributed by atoms with Crippen LogP contribution in [0.4, 0.5) is 10.1 Å². The van der Waals surface area contributed by atoms with Gasteiger partial charge in [0.2, 0.25) is 5.91 Å². The molecule has 6 heteroatoms. The molecule has 1 fully saturated rings. The molecule has 1 saturated heterocycles. The third-order valence-electron chi connectivity index (χ3n) is 3.85. The van der Waals surface area contributed by atoms with Gasteiger partial charge in [-0.2, -0.15) is 0 Å². The molecule has 1 atom stereocenters. The van der Waals surface area contributed by atoms with E-state index in [1.165, 1.54) is 6.07 Å². The average Bonchev–Trinajstić information content (AvgIpc) is 3.10. The number of carbonyl (C=O) groups excluding carboxylic acids is 1. The molecule has 0 aliphatic carbocycles. The number of rotatable bonds is 5. The van der Waals surface area contributed by atoms with E-state index in [2.05, 4.69) is 10.6 Å². The van der Waals surface area contributed by atoms with Crippen LogP contribution >= 0.6 is 12.4 Å². The van der Waals surface area contributed by atoms with Crippen LogP contribution in [-0.4, -0.2) is 18.5 Å². The molecule has 3 rings (SSSR count). The molecule has 0 aromatic heterocycles. The van der Waals surface area contributed by atoms with E-state index in [1.54, 1.807) is 42.5 Å². The summed E-state index contributed by atoms with van der Waals surface area (Å²) in [6, 6.07) is 13.5. The molecule has 24 heavy (non-hydrogen) atoms. The Hall–Kier alpha value is -2.11. The Morgan fingerprint density at radius 1 is 1.21 bits per heavy atom. The molecule has 1 aliphatic rings. The molecule has 1 heterocycles. The highest BCUT2D eigenvalue weighted by Crippen LogP contribution is 2.18. The van der Waals surface area contributed by atoms with Crippen LogP contribution in [-0.2, 0) is 11.4 Å². The smallest absolute Gasteiger partial charge is 0.241 e. The van der Waals surface area contributed by atoms with Crippen LogP contribution in [0, 0.1) is 5.82 Å². The van der Waals surface area contributed by atoms with Gasteiger partial charge < -0.3 is 15.4 Å². The summed E-state index contributed by atoms with van der Waals surface area (Å²) in [7, 11) is 0. The second-order valence-corrected chi connectivity index (χ2v) is 5.54. The standard InChI is InChI=1S/C18H19FN2O2.ClH/c19-16-5-2-1-4-13(16)12-23-15-9-7-14(8-10-15)21-18(22)17-6-3-11-20-17;/h1-2,4-5,7-10,17,20H,3,6,11-12H2,(H,21,22);1H. The summed E-state index contributed by atoms with van der Waals surface area (Å²) in [5.41, 5.74) is 1.24. The van der Waals surface area contributed by atoms with E-state index in [1.807, 2.05) is 0 Å². The van der Waals surface area contributed by atoms with Gasteiger partial charge in [-0.3, -0.25) is 4.79 Å². The maximum absolute atomic E-state index is 13.5. The Morgan fingerprint density at radius 2 is 1.96 bits per heavy atom. The van der Waals surface area contributed by atoms with Crippen molar-refractivity contribution in [2.24, 2.45) is 0 Å². The van der Waals surface area contributed by atoms with Crippen molar-refractivity contribution in [3.8, 4) is 5.75 Å². The fraction of sp³-hybridized carbons (Fsp3) is 0.278. The number of hydrogen-bond acceptors (Lipinski definition) is 3. The van der Waals surface area contributed by atoms with Crippen molar-refractivity contribution in [1.82, 2.24) is 5.32 Å². The Morgan fingerprint density at radius 3 is 2.62 bits per heavy atom. The summed E-state index contributed by atoms with van der Waals surface area (Å²) in [5, 5.41) is 6.04. The minimum absolute atomic E-state index is 0. The highest BCUT2D eigenvalue weighted by molar-refractivity contribution is 5.95. The topological polar surface area (TPSA) is 50.4 Å². The number of benzene rings is 2. The van der Waals surface area contributed by atoms with Gasteiger partial charge in [-0.05, 0) is 49.7 Å². The van der Waals surface area contributed by atoms with Crippen LogP contribution in [0.2, 0.25) is 0 Å². The molecule has 4 nitrogen and oxygen atoms in total. The lowest BCUT2D eigenvalue weighted by atomic mass is 10.2. The van der Waals surface area contributed by atoms with Gasteiger partial charge in [0.05, 0.1) is 6.04 Å². The van der Waals surface area contributed by atoms with Crippen molar-refractivity contribution in [3.05, 3.63) is 59.9 Å². The fourth-order valence-corrected chi connectivity index (χ4v) is 2.55. The maximum Gasteiger partial charge on any atom is 0.241 e. The van der Waals surface area contributed by atoms with Crippen LogP contribution in [0.3, 0.4) is 0 Å². The largest absolute Gasteiger partial charge is 0.489 e. The van der Waals surface area contributed by atoms with Gasteiger partial charge in [-0.25, -0.2) is 4.39 Å². The number of carbonyl (C=O) groups is 1. The second kappa shape index (κ2) is 8.66. The van der Waals surface area contributed by atoms with Gasteiger partial charge in [-0.15, -0.1) is 12.4 Å². The molecular formula is C18H20ClFN2O2. The third kappa shape index (κ3) is 4.69. The predicted molar refractivity (Wildman–Crippen MR) is 94.1 cm³/mol. The number of ether oxygens (including phenoxy) is 1. The first-order valence-electron chi connectivity index (χ1n) is 7.73. The van der Waals surface area contributed by atoms with Gasteiger partial charge in [-0.1, -0.05) is 18.2 Å². The summed E-state index contributed by atoms with van der Waals surface area (Å²) in [4.78, 5) is 12.0. The lowest BCUT2D eigenvalue weighted by molar-refractivity contribution is -0.117. The van der Waals surface area contributed by atoms with E-state index in [9.17, 15) is 9.18 Å². The zero-order chi connectivity index (χ0) is 16.1. The minimum Gasteiger partial charge on any atom is -0.489 e. The first-order chi connectivity index (χ1) is 11.2. The molecule has 0 bridgehead atoms. The van der Waals surface area contributed by atoms with Crippen molar-refractivity contribution in [2.45, 2.75) is 25.5 Å². The molecule has 128 valence electrons. The first-order valence-corrected chi connectivity index (χ1v) is 7.73. The average molecular weight is 351 g/mol. The summed E-state index contributed by atoms with van der Waals surface area (Å²) in [6.45, 7) is 1.06. The van der Waals surface area contributed by atoms with E-state index in [-0.39, 0.29) is 36.8 Å². The van der Waals surface area contributed by atoms with E-state index < -0.39 is 0 Å². The van der Waals surface area contributed by atoms with Crippen LogP contribution in [0.15, 0.2) is 48.5 Å². The summed E-state index contributed by atoms with van der Waals surface area (Å²) < 4.78 is 19.1. The molecule has 2 aromatic rings. The van der Waals surface area contributed by atoms with Gasteiger partial charge in [0.25, 0.3) is 0 Å². The minimum atomic E-state index is -0.277. The molecule has 2 aromatic carbocycles. The molecule has 0 radical (unpaired) electrons. The van der Waals surface area contributed by atoms with Crippen LogP contribution in [0.25, 0.3) is 0 Å². The van der Waals surface area contributed by atoms with Crippen molar-refractivity contribution < 1.29 is 13.9 Å². The number of halogens is 2. The number of amides is 1. The number of hydrogen-bond donors (Lipinski definition) is 2. The van der Waals surface area contributed by atoms with Crippen molar-refractivity contribution >= 4 is 24.0 Å². The summed E-state index contributed by atoms with van der Waals surface area (Å²) in [6.07, 6.45) is 1.90. The summed E-state index contributed by atoms with van der Waals surface area (Å²) in [5.74, 6) is 0.341. The van der Waals surface area contributed by atoms with E-state index >= 15 is 0 Å². The molecule has 1 aliphatic heterocycles. The van der Waals surface area contributed by atoms with Gasteiger partial charge in [0.15, 0.2) is 0 Å². The van der Waals surface area contributed by atoms with Crippen LogP contribution in [0.5, 0.6) is 5.75 Å². The fourth-order valence-electron chi connectivity index (χ4n) is 2.55. The summed E-state index contributed by atoms with van der Waals surface area (Å²) >= 11 is 0. The van der Waals surface area contributed by atoms with E-state index in [4.69, 9.17) is 4.74 Å². The Balaban J connectivity index is 0.00000208. The molecule has 1 unspecified atom stereocenters. The van der Waals surface area contributed by atoms with Gasteiger partial charge >= 0.3 is 0 Å². The lowest BCUT2D eigenvalue weighted by Gasteiger charge is -2.12. The van der Waals surface area contributed by atoms with E-state index in [0.29, 0.717) is 11.3 Å². The zero-order valence-corrected chi connectivity index (χ0v) is 13.9. The van der Waals surface area contributed by atoms with Crippen molar-refractivity contribution in [2.75, 3.05) is 11.9 Å².